The summed E-state index contributed by atoms with van der Waals surface area (Å²) < 4.78 is 38.2. The summed E-state index contributed by atoms with van der Waals surface area (Å²) in [5, 5.41) is 10.9. The van der Waals surface area contributed by atoms with Crippen LogP contribution in [0.25, 0.3) is 0 Å². The van der Waals surface area contributed by atoms with E-state index < -0.39 is 27.7 Å². The lowest BCUT2D eigenvalue weighted by Crippen LogP contribution is -2.40. The van der Waals surface area contributed by atoms with Crippen molar-refractivity contribution in [1.82, 2.24) is 4.72 Å². The lowest BCUT2D eigenvalue weighted by Gasteiger charge is -2.26. The van der Waals surface area contributed by atoms with E-state index in [2.05, 4.69) is 4.72 Å². The fourth-order valence-corrected chi connectivity index (χ4v) is 3.56. The van der Waals surface area contributed by atoms with Crippen molar-refractivity contribution < 1.29 is 27.8 Å². The van der Waals surface area contributed by atoms with Crippen molar-refractivity contribution in [3.05, 3.63) is 53.1 Å². The second-order valence-corrected chi connectivity index (χ2v) is 7.45. The topological polar surface area (TPSA) is 105 Å². The van der Waals surface area contributed by atoms with Crippen LogP contribution in [-0.2, 0) is 10.0 Å². The number of hydrogen-bond donors (Lipinski definition) is 1. The Morgan fingerprint density at radius 1 is 1.24 bits per heavy atom. The number of carboxylic acids is 1. The predicted molar refractivity (Wildman–Crippen MR) is 87.3 cm³/mol. The van der Waals surface area contributed by atoms with Gasteiger partial charge in [-0.25, -0.2) is 13.1 Å². The minimum atomic E-state index is -3.95. The number of nitrogens with one attached hydrogen (secondary N) is 1. The zero-order chi connectivity index (χ0) is 18.0. The van der Waals surface area contributed by atoms with Gasteiger partial charge in [-0.05, 0) is 30.3 Å². The van der Waals surface area contributed by atoms with Crippen LogP contribution in [-0.4, -0.2) is 33.6 Å². The Morgan fingerprint density at radius 2 is 1.96 bits per heavy atom. The Bertz CT molecular complexity index is 915. The summed E-state index contributed by atoms with van der Waals surface area (Å²) in [7, 11) is -3.95. The predicted octanol–water partition coefficient (Wildman–Crippen LogP) is 0.822. The fourth-order valence-electron chi connectivity index (χ4n) is 2.28. The van der Waals surface area contributed by atoms with E-state index in [1.165, 1.54) is 12.1 Å². The summed E-state index contributed by atoms with van der Waals surface area (Å²) in [6.07, 6.45) is -0.516. The van der Waals surface area contributed by atoms with Gasteiger partial charge in [-0.1, -0.05) is 23.7 Å². The maximum atomic E-state index is 12.3. The van der Waals surface area contributed by atoms with Crippen molar-refractivity contribution in [2.45, 2.75) is 11.0 Å². The van der Waals surface area contributed by atoms with Crippen LogP contribution >= 0.6 is 11.6 Å². The van der Waals surface area contributed by atoms with Crippen molar-refractivity contribution in [2.75, 3.05) is 13.2 Å². The lowest BCUT2D eigenvalue weighted by molar-refractivity contribution is -0.255. The van der Waals surface area contributed by atoms with Crippen LogP contribution in [0.1, 0.15) is 10.4 Å². The molecule has 0 fully saturated rings. The van der Waals surface area contributed by atoms with Gasteiger partial charge in [-0.3, -0.25) is 0 Å². The van der Waals surface area contributed by atoms with Gasteiger partial charge in [0.25, 0.3) is 0 Å². The normalized spacial score (nSPS) is 16.4. The van der Waals surface area contributed by atoms with Crippen molar-refractivity contribution >= 4 is 27.6 Å². The van der Waals surface area contributed by atoms with Crippen molar-refractivity contribution in [3.8, 4) is 11.5 Å². The van der Waals surface area contributed by atoms with Crippen LogP contribution in [0, 0.1) is 0 Å². The highest BCUT2D eigenvalue weighted by atomic mass is 35.5. The van der Waals surface area contributed by atoms with E-state index in [-0.39, 0.29) is 23.1 Å². The highest BCUT2D eigenvalue weighted by Gasteiger charge is 2.23. The van der Waals surface area contributed by atoms with Crippen LogP contribution in [0.5, 0.6) is 11.5 Å². The van der Waals surface area contributed by atoms with Gasteiger partial charge in [0.2, 0.25) is 10.0 Å². The van der Waals surface area contributed by atoms with E-state index >= 15 is 0 Å². The maximum Gasteiger partial charge on any atom is 0.240 e. The summed E-state index contributed by atoms with van der Waals surface area (Å²) in [6, 6.07) is 10.4. The first-order valence-electron chi connectivity index (χ1n) is 7.26. The van der Waals surface area contributed by atoms with Gasteiger partial charge in [-0.2, -0.15) is 0 Å². The molecular weight excluding hydrogens is 370 g/mol. The number of halogens is 1. The molecule has 0 radical (unpaired) electrons. The molecule has 2 aromatic rings. The molecular formula is C16H13ClNO6S-. The second kappa shape index (κ2) is 6.91. The monoisotopic (exact) mass is 382 g/mol. The van der Waals surface area contributed by atoms with Crippen LogP contribution in [0.2, 0.25) is 5.02 Å². The number of aromatic carboxylic acids is 1. The Balaban J connectivity index is 1.71. The van der Waals surface area contributed by atoms with Crippen molar-refractivity contribution in [1.29, 1.82) is 0 Å². The SMILES string of the molecule is O=C([O-])c1cc(S(=O)(=O)NC[C@H]2COc3ccccc3O2)ccc1Cl. The number of rotatable bonds is 5. The minimum absolute atomic E-state index is 0.0417. The zero-order valence-electron chi connectivity index (χ0n) is 12.8. The Morgan fingerprint density at radius 3 is 2.68 bits per heavy atom. The van der Waals surface area contributed by atoms with E-state index in [4.69, 9.17) is 21.1 Å². The molecule has 0 bridgehead atoms. The number of hydrogen-bond acceptors (Lipinski definition) is 6. The molecule has 3 rings (SSSR count). The third-order valence-corrected chi connectivity index (χ3v) is 5.29. The third kappa shape index (κ3) is 3.87. The molecule has 2 aromatic carbocycles. The van der Waals surface area contributed by atoms with E-state index in [9.17, 15) is 18.3 Å². The van der Waals surface area contributed by atoms with Crippen LogP contribution in [0.15, 0.2) is 47.4 Å². The summed E-state index contributed by atoms with van der Waals surface area (Å²) in [4.78, 5) is 10.7. The number of fused-ring (bicyclic) bond motifs is 1. The number of sulfonamides is 1. The standard InChI is InChI=1S/C16H14ClNO6S/c17-13-6-5-11(7-12(13)16(19)20)25(21,22)18-8-10-9-23-14-3-1-2-4-15(14)24-10/h1-7,10,18H,8-9H2,(H,19,20)/p-1/t10-/m0/s1. The summed E-state index contributed by atoms with van der Waals surface area (Å²) in [5.41, 5.74) is -0.393. The quantitative estimate of drug-likeness (QED) is 0.821. The zero-order valence-corrected chi connectivity index (χ0v) is 14.3. The molecule has 132 valence electrons. The lowest BCUT2D eigenvalue weighted by atomic mass is 10.2. The largest absolute Gasteiger partial charge is 0.545 e. The Kier molecular flexibility index (Phi) is 4.85. The number of benzene rings is 2. The molecule has 25 heavy (non-hydrogen) atoms. The molecule has 0 saturated carbocycles. The summed E-state index contributed by atoms with van der Waals surface area (Å²) in [6.45, 7) is 0.143. The maximum absolute atomic E-state index is 12.3. The van der Waals surface area contributed by atoms with Crippen LogP contribution in [0.4, 0.5) is 0 Å². The fraction of sp³-hybridized carbons (Fsp3) is 0.188. The van der Waals surface area contributed by atoms with Gasteiger partial charge in [0, 0.05) is 10.6 Å². The van der Waals surface area contributed by atoms with E-state index in [1.807, 2.05) is 0 Å². The van der Waals surface area contributed by atoms with Gasteiger partial charge < -0.3 is 19.4 Å². The van der Waals surface area contributed by atoms with E-state index in [1.54, 1.807) is 24.3 Å². The van der Waals surface area contributed by atoms with Crippen LogP contribution < -0.4 is 19.3 Å². The minimum Gasteiger partial charge on any atom is -0.545 e. The Labute approximate surface area is 149 Å². The number of carbonyl (C=O) groups excluding carboxylic acids is 1. The van der Waals surface area contributed by atoms with Crippen molar-refractivity contribution in [2.24, 2.45) is 0 Å². The molecule has 0 amide bonds. The average Bonchev–Trinajstić information content (AvgIpc) is 2.60. The van der Waals surface area contributed by atoms with Crippen LogP contribution in [0.3, 0.4) is 0 Å². The summed E-state index contributed by atoms with van der Waals surface area (Å²) >= 11 is 5.72. The molecule has 0 saturated heterocycles. The molecule has 0 aliphatic carbocycles. The smallest absolute Gasteiger partial charge is 0.240 e. The number of carbonyl (C=O) groups is 1. The molecule has 1 heterocycles. The highest BCUT2D eigenvalue weighted by Crippen LogP contribution is 2.30. The van der Waals surface area contributed by atoms with E-state index in [0.717, 1.165) is 6.07 Å². The molecule has 1 N–H and O–H groups in total. The third-order valence-electron chi connectivity index (χ3n) is 3.54. The molecule has 1 atom stereocenters. The van der Waals surface area contributed by atoms with E-state index in [0.29, 0.717) is 11.5 Å². The second-order valence-electron chi connectivity index (χ2n) is 5.28. The molecule has 1 aliphatic heterocycles. The number of ether oxygens (including phenoxy) is 2. The van der Waals surface area contributed by atoms with Gasteiger partial charge in [0.15, 0.2) is 11.5 Å². The van der Waals surface area contributed by atoms with Gasteiger partial charge in [-0.15, -0.1) is 0 Å². The van der Waals surface area contributed by atoms with Crippen molar-refractivity contribution in [3.63, 3.8) is 0 Å². The molecule has 0 aromatic heterocycles. The number of carboxylic acid groups (broad SMARTS) is 1. The van der Waals surface area contributed by atoms with Gasteiger partial charge in [0.1, 0.15) is 12.7 Å². The molecule has 9 heteroatoms. The van der Waals surface area contributed by atoms with Gasteiger partial charge >= 0.3 is 0 Å². The first kappa shape index (κ1) is 17.5. The average molecular weight is 383 g/mol. The number of para-hydroxylation sites is 2. The molecule has 7 nitrogen and oxygen atoms in total. The first-order chi connectivity index (χ1) is 11.9. The molecule has 0 unspecified atom stereocenters. The van der Waals surface area contributed by atoms with Gasteiger partial charge in [0.05, 0.1) is 17.4 Å². The molecule has 1 aliphatic rings. The first-order valence-corrected chi connectivity index (χ1v) is 9.12. The summed E-state index contributed by atoms with van der Waals surface area (Å²) in [5.74, 6) is -0.427. The Hall–Kier alpha value is -2.29. The molecule has 0 spiro atoms. The highest BCUT2D eigenvalue weighted by molar-refractivity contribution is 7.89.